The number of nitrogens with zero attached hydrogens (tertiary/aromatic N) is 1. The van der Waals surface area contributed by atoms with Crippen LogP contribution in [0.3, 0.4) is 0 Å². The molecule has 1 aromatic carbocycles. The average molecular weight is 585 g/mol. The lowest BCUT2D eigenvalue weighted by Crippen LogP contribution is -2.39. The first kappa shape index (κ1) is 40.1. The summed E-state index contributed by atoms with van der Waals surface area (Å²) in [7, 11) is -3.37. The lowest BCUT2D eigenvalue weighted by atomic mass is 9.82. The monoisotopic (exact) mass is 584 g/mol. The Hall–Kier alpha value is -1.09. The molecule has 0 unspecified atom stereocenters. The van der Waals surface area contributed by atoms with Gasteiger partial charge in [0.2, 0.25) is 0 Å². The highest BCUT2D eigenvalue weighted by Crippen LogP contribution is 2.27. The van der Waals surface area contributed by atoms with E-state index in [1.165, 1.54) is 147 Å². The average Bonchev–Trinajstić information content (AvgIpc) is 2.91. The summed E-state index contributed by atoms with van der Waals surface area (Å²) in [5.41, 5.74) is 7.06. The highest BCUT2D eigenvalue weighted by atomic mass is 35.5. The standard InChI is InChI=1S/C25H53N.C8H7NO2S.ClH/c1-4-7-10-13-16-19-22-25(26,23-20-17-14-11-8-5-2)24-21-18-15-12-9-6-3;9-6-7-12(10,11)8-4-2-1-3-5-8;/h4-24,26H2,1-3H3;1-5H,7H2;1H. The van der Waals surface area contributed by atoms with E-state index in [1.807, 2.05) is 0 Å². The molecule has 0 bridgehead atoms. The van der Waals surface area contributed by atoms with Gasteiger partial charge in [0, 0.05) is 5.54 Å². The van der Waals surface area contributed by atoms with Gasteiger partial charge in [-0.1, -0.05) is 155 Å². The van der Waals surface area contributed by atoms with E-state index >= 15 is 0 Å². The van der Waals surface area contributed by atoms with E-state index in [1.54, 1.807) is 24.3 Å². The largest absolute Gasteiger partial charge is 0.325 e. The predicted molar refractivity (Wildman–Crippen MR) is 172 cm³/mol. The summed E-state index contributed by atoms with van der Waals surface area (Å²) in [6.07, 6.45) is 28.8. The lowest BCUT2D eigenvalue weighted by molar-refractivity contribution is 0.302. The maximum atomic E-state index is 11.2. The lowest BCUT2D eigenvalue weighted by Gasteiger charge is -2.30. The molecular weight excluding hydrogens is 524 g/mol. The van der Waals surface area contributed by atoms with Crippen LogP contribution in [0.2, 0.25) is 0 Å². The van der Waals surface area contributed by atoms with Crippen LogP contribution in [0.4, 0.5) is 0 Å². The van der Waals surface area contributed by atoms with Gasteiger partial charge in [0.1, 0.15) is 5.75 Å². The number of benzene rings is 1. The molecule has 0 amide bonds. The number of halogens is 1. The third kappa shape index (κ3) is 23.3. The van der Waals surface area contributed by atoms with Crippen LogP contribution < -0.4 is 5.73 Å². The van der Waals surface area contributed by atoms with Crippen molar-refractivity contribution < 1.29 is 8.42 Å². The van der Waals surface area contributed by atoms with E-state index in [4.69, 9.17) is 11.0 Å². The summed E-state index contributed by atoms with van der Waals surface area (Å²) in [5.74, 6) is -0.461. The molecule has 0 atom stereocenters. The summed E-state index contributed by atoms with van der Waals surface area (Å²) in [4.78, 5) is 0.201. The molecule has 228 valence electrons. The molecule has 0 aliphatic rings. The molecular formula is C33H61ClN2O2S. The summed E-state index contributed by atoms with van der Waals surface area (Å²) in [6, 6.07) is 9.56. The van der Waals surface area contributed by atoms with Gasteiger partial charge in [0.25, 0.3) is 0 Å². The van der Waals surface area contributed by atoms with Gasteiger partial charge in [-0.25, -0.2) is 8.42 Å². The number of rotatable bonds is 23. The van der Waals surface area contributed by atoms with Crippen LogP contribution in [0.5, 0.6) is 0 Å². The molecule has 6 heteroatoms. The first-order valence-electron chi connectivity index (χ1n) is 15.8. The zero-order chi connectivity index (χ0) is 28.4. The minimum absolute atomic E-state index is 0. The number of nitrogens with two attached hydrogens (primary N) is 1. The Morgan fingerprint density at radius 3 is 1.31 bits per heavy atom. The molecule has 39 heavy (non-hydrogen) atoms. The second kappa shape index (κ2) is 27.1. The van der Waals surface area contributed by atoms with E-state index in [0.29, 0.717) is 0 Å². The topological polar surface area (TPSA) is 83.9 Å². The Morgan fingerprint density at radius 2 is 0.974 bits per heavy atom. The Kier molecular flexibility index (Phi) is 27.8. The van der Waals surface area contributed by atoms with Gasteiger partial charge in [-0.2, -0.15) is 5.26 Å². The van der Waals surface area contributed by atoms with E-state index in [-0.39, 0.29) is 22.8 Å². The molecule has 2 N–H and O–H groups in total. The molecule has 0 radical (unpaired) electrons. The molecule has 1 aromatic rings. The molecule has 0 saturated carbocycles. The smallest absolute Gasteiger partial charge is 0.191 e. The summed E-state index contributed by atoms with van der Waals surface area (Å²) in [5, 5.41) is 8.23. The highest BCUT2D eigenvalue weighted by Gasteiger charge is 2.23. The fraction of sp³-hybridized carbons (Fsp3) is 0.788. The van der Waals surface area contributed by atoms with Crippen molar-refractivity contribution in [2.75, 3.05) is 5.75 Å². The fourth-order valence-electron chi connectivity index (χ4n) is 4.94. The van der Waals surface area contributed by atoms with E-state index in [9.17, 15) is 8.42 Å². The third-order valence-electron chi connectivity index (χ3n) is 7.44. The van der Waals surface area contributed by atoms with Crippen LogP contribution in [0.25, 0.3) is 0 Å². The van der Waals surface area contributed by atoms with Gasteiger partial charge in [-0.15, -0.1) is 12.4 Å². The zero-order valence-electron chi connectivity index (χ0n) is 25.6. The molecule has 0 saturated heterocycles. The van der Waals surface area contributed by atoms with Crippen molar-refractivity contribution in [3.8, 4) is 6.07 Å². The highest BCUT2D eigenvalue weighted by molar-refractivity contribution is 7.91. The Morgan fingerprint density at radius 1 is 0.641 bits per heavy atom. The van der Waals surface area contributed by atoms with Crippen LogP contribution in [0, 0.1) is 11.3 Å². The SMILES string of the molecule is CCCCCCCCC(N)(CCCCCCCC)CCCCCCCC.Cl.N#CCS(=O)(=O)c1ccccc1. The quantitative estimate of drug-likeness (QED) is 0.130. The van der Waals surface area contributed by atoms with Crippen LogP contribution in [-0.4, -0.2) is 19.7 Å². The minimum Gasteiger partial charge on any atom is -0.325 e. The molecule has 0 heterocycles. The van der Waals surface area contributed by atoms with Gasteiger partial charge < -0.3 is 5.73 Å². The Labute approximate surface area is 249 Å². The number of hydrogen-bond acceptors (Lipinski definition) is 4. The molecule has 4 nitrogen and oxygen atoms in total. The molecule has 0 aliphatic carbocycles. The maximum absolute atomic E-state index is 11.2. The van der Waals surface area contributed by atoms with Gasteiger partial charge in [0.15, 0.2) is 9.84 Å². The third-order valence-corrected chi connectivity index (χ3v) is 8.94. The summed E-state index contributed by atoms with van der Waals surface area (Å²) in [6.45, 7) is 6.89. The predicted octanol–water partition coefficient (Wildman–Crippen LogP) is 10.3. The van der Waals surface area contributed by atoms with Crippen molar-refractivity contribution in [1.29, 1.82) is 5.26 Å². The van der Waals surface area contributed by atoms with Crippen molar-refractivity contribution in [1.82, 2.24) is 0 Å². The first-order valence-corrected chi connectivity index (χ1v) is 17.4. The minimum atomic E-state index is -3.37. The van der Waals surface area contributed by atoms with Crippen LogP contribution in [0.1, 0.15) is 156 Å². The Bertz CT molecular complexity index is 753. The number of nitriles is 1. The molecule has 0 aliphatic heterocycles. The summed E-state index contributed by atoms with van der Waals surface area (Å²) < 4.78 is 22.4. The van der Waals surface area contributed by atoms with Crippen molar-refractivity contribution in [2.24, 2.45) is 5.73 Å². The van der Waals surface area contributed by atoms with Crippen LogP contribution >= 0.6 is 12.4 Å². The zero-order valence-corrected chi connectivity index (χ0v) is 27.2. The van der Waals surface area contributed by atoms with Gasteiger partial charge >= 0.3 is 0 Å². The van der Waals surface area contributed by atoms with Gasteiger partial charge in [0.05, 0.1) is 11.0 Å². The van der Waals surface area contributed by atoms with E-state index in [2.05, 4.69) is 20.8 Å². The van der Waals surface area contributed by atoms with Crippen molar-refractivity contribution in [3.63, 3.8) is 0 Å². The molecule has 0 fully saturated rings. The number of unbranched alkanes of at least 4 members (excludes halogenated alkanes) is 15. The fourth-order valence-corrected chi connectivity index (χ4v) is 5.85. The normalized spacial score (nSPS) is 11.3. The van der Waals surface area contributed by atoms with Gasteiger partial charge in [-0.05, 0) is 31.4 Å². The van der Waals surface area contributed by atoms with Crippen molar-refractivity contribution in [3.05, 3.63) is 30.3 Å². The maximum Gasteiger partial charge on any atom is 0.191 e. The van der Waals surface area contributed by atoms with Crippen molar-refractivity contribution in [2.45, 2.75) is 166 Å². The molecule has 1 rings (SSSR count). The van der Waals surface area contributed by atoms with E-state index < -0.39 is 15.6 Å². The number of hydrogen-bond donors (Lipinski definition) is 1. The van der Waals surface area contributed by atoms with Gasteiger partial charge in [-0.3, -0.25) is 0 Å². The van der Waals surface area contributed by atoms with Crippen LogP contribution in [-0.2, 0) is 9.84 Å². The number of sulfone groups is 1. The first-order chi connectivity index (χ1) is 18.3. The van der Waals surface area contributed by atoms with Crippen molar-refractivity contribution >= 4 is 22.2 Å². The van der Waals surface area contributed by atoms with Crippen LogP contribution in [0.15, 0.2) is 35.2 Å². The Balaban J connectivity index is 0. The molecule has 0 spiro atoms. The second-order valence-electron chi connectivity index (χ2n) is 11.1. The molecule has 0 aromatic heterocycles. The van der Waals surface area contributed by atoms with E-state index in [0.717, 1.165) is 0 Å². The second-order valence-corrected chi connectivity index (χ2v) is 13.1. The summed E-state index contributed by atoms with van der Waals surface area (Å²) >= 11 is 0.